The maximum absolute atomic E-state index is 14.0. The number of nitrogens with zero attached hydrogens (tertiary/aromatic N) is 2. The highest BCUT2D eigenvalue weighted by Crippen LogP contribution is 2.31. The average molecular weight is 571 g/mol. The van der Waals surface area contributed by atoms with Crippen LogP contribution in [0.4, 0.5) is 4.79 Å². The lowest BCUT2D eigenvalue weighted by Gasteiger charge is -2.44. The first-order chi connectivity index (χ1) is 19.5. The minimum absolute atomic E-state index is 0.00562. The van der Waals surface area contributed by atoms with Crippen molar-refractivity contribution >= 4 is 12.0 Å². The number of amides is 2. The summed E-state index contributed by atoms with van der Waals surface area (Å²) in [5.41, 5.74) is -0.135. The molecule has 1 fully saturated rings. The molecule has 0 radical (unpaired) electrons. The average Bonchev–Trinajstić information content (AvgIpc) is 2.93. The van der Waals surface area contributed by atoms with Gasteiger partial charge in [-0.05, 0) is 71.4 Å². The maximum Gasteiger partial charge on any atom is 0.410 e. The number of methoxy groups -OCH3 is 2. The summed E-state index contributed by atoms with van der Waals surface area (Å²) >= 11 is 0. The van der Waals surface area contributed by atoms with Gasteiger partial charge >= 0.3 is 6.09 Å². The van der Waals surface area contributed by atoms with Gasteiger partial charge in [-0.25, -0.2) is 4.79 Å². The molecule has 1 saturated heterocycles. The van der Waals surface area contributed by atoms with Gasteiger partial charge in [-0.15, -0.1) is 0 Å². The molecule has 1 aliphatic rings. The second-order valence-corrected chi connectivity index (χ2v) is 11.6. The van der Waals surface area contributed by atoms with Crippen molar-refractivity contribution in [1.82, 2.24) is 9.80 Å². The number of benzene rings is 2. The maximum atomic E-state index is 14.0. The normalized spacial score (nSPS) is 17.2. The van der Waals surface area contributed by atoms with Gasteiger partial charge in [0.1, 0.15) is 11.4 Å². The number of hydrogen-bond donors (Lipinski definition) is 0. The SMILES string of the molecule is COCCCOc1cc(C(=O)N(C(C)C)[C@@H]2C[C@H](COc3ccccc3)CN(C(=O)OC(C)(C)C)C2)ccc1OC. The van der Waals surface area contributed by atoms with E-state index in [-0.39, 0.29) is 30.0 Å². The quantitative estimate of drug-likeness (QED) is 0.304. The number of hydrogen-bond acceptors (Lipinski definition) is 7. The van der Waals surface area contributed by atoms with Crippen molar-refractivity contribution in [2.45, 2.75) is 65.1 Å². The zero-order valence-electron chi connectivity index (χ0n) is 25.6. The molecule has 9 nitrogen and oxygen atoms in total. The molecule has 0 aromatic heterocycles. The van der Waals surface area contributed by atoms with Crippen LogP contribution in [0, 0.1) is 5.92 Å². The molecule has 0 saturated carbocycles. The molecular weight excluding hydrogens is 524 g/mol. The molecule has 41 heavy (non-hydrogen) atoms. The molecular formula is C32H46N2O7. The highest BCUT2D eigenvalue weighted by Gasteiger charge is 2.38. The van der Waals surface area contributed by atoms with Crippen LogP contribution in [0.2, 0.25) is 0 Å². The summed E-state index contributed by atoms with van der Waals surface area (Å²) in [5.74, 6) is 1.70. The second-order valence-electron chi connectivity index (χ2n) is 11.6. The van der Waals surface area contributed by atoms with Gasteiger partial charge < -0.3 is 33.5 Å². The van der Waals surface area contributed by atoms with Crippen LogP contribution in [0.15, 0.2) is 48.5 Å². The number of likely N-dealkylation sites (tertiary alicyclic amines) is 1. The fraction of sp³-hybridized carbons (Fsp3) is 0.562. The molecule has 0 spiro atoms. The van der Waals surface area contributed by atoms with Gasteiger partial charge in [0.05, 0.1) is 26.4 Å². The van der Waals surface area contributed by atoms with Crippen molar-refractivity contribution in [3.05, 3.63) is 54.1 Å². The highest BCUT2D eigenvalue weighted by atomic mass is 16.6. The van der Waals surface area contributed by atoms with E-state index < -0.39 is 5.60 Å². The fourth-order valence-electron chi connectivity index (χ4n) is 4.98. The summed E-state index contributed by atoms with van der Waals surface area (Å²) in [4.78, 5) is 30.8. The smallest absolute Gasteiger partial charge is 0.410 e. The van der Waals surface area contributed by atoms with Crippen LogP contribution < -0.4 is 14.2 Å². The van der Waals surface area contributed by atoms with Crippen LogP contribution in [0.5, 0.6) is 17.2 Å². The van der Waals surface area contributed by atoms with Crippen molar-refractivity contribution < 1.29 is 33.3 Å². The summed E-state index contributed by atoms with van der Waals surface area (Å²) in [6.45, 7) is 11.8. The first kappa shape index (κ1) is 32.1. The topological polar surface area (TPSA) is 86.8 Å². The van der Waals surface area contributed by atoms with Gasteiger partial charge in [0.25, 0.3) is 5.91 Å². The van der Waals surface area contributed by atoms with Gasteiger partial charge in [-0.1, -0.05) is 18.2 Å². The molecule has 0 unspecified atom stereocenters. The van der Waals surface area contributed by atoms with Crippen LogP contribution in [0.3, 0.4) is 0 Å². The highest BCUT2D eigenvalue weighted by molar-refractivity contribution is 5.95. The predicted octanol–water partition coefficient (Wildman–Crippen LogP) is 5.67. The Morgan fingerprint density at radius 2 is 1.71 bits per heavy atom. The van der Waals surface area contributed by atoms with Gasteiger partial charge in [0.15, 0.2) is 11.5 Å². The number of rotatable bonds is 12. The Bertz CT molecular complexity index is 1120. The minimum atomic E-state index is -0.629. The van der Waals surface area contributed by atoms with Gasteiger partial charge in [-0.2, -0.15) is 0 Å². The third-order valence-corrected chi connectivity index (χ3v) is 6.74. The minimum Gasteiger partial charge on any atom is -0.493 e. The lowest BCUT2D eigenvalue weighted by Crippen LogP contribution is -2.57. The molecule has 3 rings (SSSR count). The van der Waals surface area contributed by atoms with Gasteiger partial charge in [0.2, 0.25) is 0 Å². The molecule has 0 aliphatic carbocycles. The van der Waals surface area contributed by atoms with E-state index in [1.54, 1.807) is 37.3 Å². The van der Waals surface area contributed by atoms with Crippen molar-refractivity contribution in [2.75, 3.05) is 47.1 Å². The van der Waals surface area contributed by atoms with E-state index in [0.717, 1.165) is 5.75 Å². The van der Waals surface area contributed by atoms with E-state index in [4.69, 9.17) is 23.7 Å². The lowest BCUT2D eigenvalue weighted by atomic mass is 9.92. The fourth-order valence-corrected chi connectivity index (χ4v) is 4.98. The summed E-state index contributed by atoms with van der Waals surface area (Å²) < 4.78 is 28.3. The van der Waals surface area contributed by atoms with E-state index in [1.807, 2.05) is 69.9 Å². The Balaban J connectivity index is 1.85. The van der Waals surface area contributed by atoms with Crippen LogP contribution in [0.25, 0.3) is 0 Å². The Hall–Kier alpha value is -3.46. The van der Waals surface area contributed by atoms with E-state index in [2.05, 4.69) is 0 Å². The van der Waals surface area contributed by atoms with E-state index in [1.165, 1.54) is 0 Å². The number of carbonyl (C=O) groups excluding carboxylic acids is 2. The molecule has 2 atom stereocenters. The molecule has 1 heterocycles. The van der Waals surface area contributed by atoms with Crippen molar-refractivity contribution in [3.8, 4) is 17.2 Å². The largest absolute Gasteiger partial charge is 0.493 e. The molecule has 2 amide bonds. The molecule has 226 valence electrons. The zero-order valence-corrected chi connectivity index (χ0v) is 25.6. The Labute approximate surface area is 244 Å². The molecule has 1 aliphatic heterocycles. The standard InChI is InChI=1S/C32H46N2O7/c1-23(2)34(30(35)25-14-15-28(38-7)29(19-25)39-17-11-16-37-6)26-18-24(22-40-27-12-9-8-10-13-27)20-33(21-26)31(36)41-32(3,4)5/h8-10,12-15,19,23-24,26H,11,16-18,20-22H2,1-7H3/t24-,26+/m0/s1. The first-order valence-corrected chi connectivity index (χ1v) is 14.3. The Kier molecular flexibility index (Phi) is 11.7. The van der Waals surface area contributed by atoms with Gasteiger partial charge in [-0.3, -0.25) is 4.79 Å². The van der Waals surface area contributed by atoms with E-state index in [9.17, 15) is 9.59 Å². The van der Waals surface area contributed by atoms with Crippen molar-refractivity contribution in [3.63, 3.8) is 0 Å². The number of ether oxygens (including phenoxy) is 5. The third-order valence-electron chi connectivity index (χ3n) is 6.74. The van der Waals surface area contributed by atoms with Gasteiger partial charge in [0, 0.05) is 50.8 Å². The molecule has 0 N–H and O–H groups in total. The monoisotopic (exact) mass is 570 g/mol. The van der Waals surface area contributed by atoms with Crippen LogP contribution in [-0.4, -0.2) is 86.6 Å². The van der Waals surface area contributed by atoms with E-state index in [0.29, 0.717) is 62.8 Å². The summed E-state index contributed by atoms with van der Waals surface area (Å²) in [5, 5.41) is 0. The summed E-state index contributed by atoms with van der Waals surface area (Å²) in [7, 11) is 3.22. The number of carbonyl (C=O) groups is 2. The van der Waals surface area contributed by atoms with Crippen LogP contribution in [0.1, 0.15) is 57.8 Å². The van der Waals surface area contributed by atoms with Crippen molar-refractivity contribution in [2.24, 2.45) is 5.92 Å². The summed E-state index contributed by atoms with van der Waals surface area (Å²) in [6, 6.07) is 14.5. The Morgan fingerprint density at radius 1 is 0.976 bits per heavy atom. The zero-order chi connectivity index (χ0) is 30.0. The molecule has 0 bridgehead atoms. The van der Waals surface area contributed by atoms with Crippen LogP contribution in [-0.2, 0) is 9.47 Å². The number of para-hydroxylation sites is 1. The third kappa shape index (κ3) is 9.56. The van der Waals surface area contributed by atoms with Crippen molar-refractivity contribution in [1.29, 1.82) is 0 Å². The first-order valence-electron chi connectivity index (χ1n) is 14.3. The lowest BCUT2D eigenvalue weighted by molar-refractivity contribution is -0.00552. The summed E-state index contributed by atoms with van der Waals surface area (Å²) in [6.07, 6.45) is 1.01. The predicted molar refractivity (Wildman–Crippen MR) is 158 cm³/mol. The molecule has 2 aromatic rings. The Morgan fingerprint density at radius 3 is 2.34 bits per heavy atom. The van der Waals surface area contributed by atoms with E-state index >= 15 is 0 Å². The molecule has 9 heteroatoms. The second kappa shape index (κ2) is 15.0. The van der Waals surface area contributed by atoms with Crippen LogP contribution >= 0.6 is 0 Å². The number of piperidine rings is 1. The molecule has 2 aromatic carbocycles.